The van der Waals surface area contributed by atoms with Gasteiger partial charge in [-0.05, 0) is 91.5 Å². The van der Waals surface area contributed by atoms with Gasteiger partial charge in [0.25, 0.3) is 5.91 Å². The molecule has 5 heterocycles. The first-order chi connectivity index (χ1) is 23.3. The van der Waals surface area contributed by atoms with Gasteiger partial charge in [0.2, 0.25) is 11.8 Å². The second kappa shape index (κ2) is 13.6. The predicted octanol–water partition coefficient (Wildman–Crippen LogP) is 7.48. The number of aromatic nitrogens is 4. The average molecular weight is 667 g/mol. The molecule has 1 aliphatic heterocycles. The fourth-order valence-electron chi connectivity index (χ4n) is 7.24. The van der Waals surface area contributed by atoms with Crippen LogP contribution in [-0.2, 0) is 24.0 Å². The van der Waals surface area contributed by atoms with E-state index < -0.39 is 5.91 Å². The Kier molecular flexibility index (Phi) is 9.15. The molecule has 7 rings (SSSR count). The van der Waals surface area contributed by atoms with E-state index >= 15 is 0 Å². The zero-order chi connectivity index (χ0) is 33.4. The van der Waals surface area contributed by atoms with Crippen molar-refractivity contribution in [2.75, 3.05) is 25.6 Å². The van der Waals surface area contributed by atoms with Gasteiger partial charge >= 0.3 is 0 Å². The predicted molar refractivity (Wildman–Crippen MR) is 187 cm³/mol. The summed E-state index contributed by atoms with van der Waals surface area (Å²) in [5.74, 6) is 2.80. The number of aryl methyl sites for hydroxylation is 2. The van der Waals surface area contributed by atoms with Gasteiger partial charge in [-0.25, -0.2) is 4.98 Å². The van der Waals surface area contributed by atoms with E-state index in [2.05, 4.69) is 41.5 Å². The number of fused-ring (bicyclic) bond motifs is 2. The maximum absolute atomic E-state index is 13.5. The van der Waals surface area contributed by atoms with Crippen molar-refractivity contribution in [3.05, 3.63) is 70.5 Å². The second-order valence-electron chi connectivity index (χ2n) is 13.3. The molecule has 250 valence electrons. The molecule has 0 saturated carbocycles. The Balaban J connectivity index is 1.38. The van der Waals surface area contributed by atoms with Crippen LogP contribution in [0.15, 0.2) is 40.9 Å². The van der Waals surface area contributed by atoms with Crippen molar-refractivity contribution in [2.45, 2.75) is 71.8 Å². The number of benzene rings is 1. The highest BCUT2D eigenvalue weighted by Crippen LogP contribution is 2.46. The fourth-order valence-corrected chi connectivity index (χ4v) is 8.40. The molecule has 0 bridgehead atoms. The van der Waals surface area contributed by atoms with Crippen molar-refractivity contribution >= 4 is 33.1 Å². The lowest BCUT2D eigenvalue weighted by Gasteiger charge is -2.23. The maximum Gasteiger partial charge on any atom is 0.251 e. The van der Waals surface area contributed by atoms with Crippen LogP contribution in [0, 0.1) is 18.8 Å². The molecular weight excluding hydrogens is 625 g/mol. The first kappa shape index (κ1) is 32.2. The van der Waals surface area contributed by atoms with E-state index in [1.807, 2.05) is 24.4 Å². The first-order valence-corrected chi connectivity index (χ1v) is 17.7. The van der Waals surface area contributed by atoms with Crippen molar-refractivity contribution < 1.29 is 18.7 Å². The smallest absolute Gasteiger partial charge is 0.251 e. The van der Waals surface area contributed by atoms with Gasteiger partial charge in [-0.15, -0.1) is 21.5 Å². The SMILES string of the molecule is COc1cccc2c1CCC2Nc1nccc2cc(-c3c(C(N)=O)c(CC(C)C)nc(CCC4CCOCC4)c3-c3nnc(C)o3)sc12. The molecule has 0 spiro atoms. The molecule has 2 aliphatic rings. The summed E-state index contributed by atoms with van der Waals surface area (Å²) in [6.07, 6.45) is 8.03. The Hall–Kier alpha value is -4.35. The van der Waals surface area contributed by atoms with Crippen LogP contribution in [0.1, 0.15) is 84.3 Å². The quantitative estimate of drug-likeness (QED) is 0.147. The van der Waals surface area contributed by atoms with Crippen LogP contribution >= 0.6 is 11.3 Å². The molecule has 48 heavy (non-hydrogen) atoms. The lowest BCUT2D eigenvalue weighted by Crippen LogP contribution is -2.20. The van der Waals surface area contributed by atoms with Crippen LogP contribution in [0.25, 0.3) is 32.0 Å². The summed E-state index contributed by atoms with van der Waals surface area (Å²) in [4.78, 5) is 24.3. The number of pyridine rings is 2. The Morgan fingerprint density at radius 1 is 1.12 bits per heavy atom. The number of ether oxygens (including phenoxy) is 2. The summed E-state index contributed by atoms with van der Waals surface area (Å²) in [5, 5.41) is 13.4. The number of nitrogens with zero attached hydrogens (tertiary/aromatic N) is 4. The van der Waals surface area contributed by atoms with Gasteiger partial charge in [-0.3, -0.25) is 9.78 Å². The molecule has 10 nitrogen and oxygen atoms in total. The van der Waals surface area contributed by atoms with Crippen molar-refractivity contribution in [3.63, 3.8) is 0 Å². The molecule has 1 atom stereocenters. The van der Waals surface area contributed by atoms with Crippen LogP contribution in [0.4, 0.5) is 5.82 Å². The normalized spacial score (nSPS) is 16.5. The average Bonchev–Trinajstić information content (AvgIpc) is 3.82. The van der Waals surface area contributed by atoms with Gasteiger partial charge < -0.3 is 24.9 Å². The summed E-state index contributed by atoms with van der Waals surface area (Å²) in [5.41, 5.74) is 12.1. The minimum atomic E-state index is -0.521. The first-order valence-electron chi connectivity index (χ1n) is 16.9. The highest BCUT2D eigenvalue weighted by molar-refractivity contribution is 7.23. The molecule has 1 unspecified atom stereocenters. The number of carbonyl (C=O) groups excluding carboxylic acids is 1. The largest absolute Gasteiger partial charge is 0.496 e. The fraction of sp³-hybridized carbons (Fsp3) is 0.432. The van der Waals surface area contributed by atoms with E-state index in [9.17, 15) is 4.79 Å². The van der Waals surface area contributed by atoms with Crippen molar-refractivity contribution in [3.8, 4) is 27.6 Å². The van der Waals surface area contributed by atoms with E-state index in [4.69, 9.17) is 29.6 Å². The minimum absolute atomic E-state index is 0.104. The van der Waals surface area contributed by atoms with E-state index in [1.165, 1.54) is 11.1 Å². The molecule has 1 saturated heterocycles. The van der Waals surface area contributed by atoms with Crippen molar-refractivity contribution in [1.29, 1.82) is 0 Å². The molecule has 1 amide bonds. The number of hydrogen-bond acceptors (Lipinski definition) is 10. The zero-order valence-corrected chi connectivity index (χ0v) is 28.8. The van der Waals surface area contributed by atoms with E-state index in [0.717, 1.165) is 77.5 Å². The zero-order valence-electron chi connectivity index (χ0n) is 28.0. The van der Waals surface area contributed by atoms with E-state index in [1.54, 1.807) is 25.4 Å². The second-order valence-corrected chi connectivity index (χ2v) is 14.3. The standard InChI is InChI=1S/C37H42N6O4S/c1-20(2)18-28-31(35(38)44)33(32(37-43-42-21(3)47-37)27(40-28)10-8-22-13-16-46-17-14-22)30-19-23-12-15-39-36(34(23)48-30)41-26-11-9-25-24(26)6-5-7-29(25)45-4/h5-7,12,15,19-20,22,26H,8-11,13-14,16-18H2,1-4H3,(H2,38,44)(H,39,41). The van der Waals surface area contributed by atoms with Crippen LogP contribution in [0.5, 0.6) is 5.75 Å². The number of anilines is 1. The minimum Gasteiger partial charge on any atom is -0.496 e. The molecule has 1 aliphatic carbocycles. The van der Waals surface area contributed by atoms with E-state index in [0.29, 0.717) is 52.9 Å². The van der Waals surface area contributed by atoms with Crippen molar-refractivity contribution in [1.82, 2.24) is 20.2 Å². The highest BCUT2D eigenvalue weighted by atomic mass is 32.1. The molecule has 11 heteroatoms. The number of amides is 1. The lowest BCUT2D eigenvalue weighted by atomic mass is 9.89. The monoisotopic (exact) mass is 666 g/mol. The highest BCUT2D eigenvalue weighted by Gasteiger charge is 2.31. The number of nitrogens with two attached hydrogens (primary N) is 1. The summed E-state index contributed by atoms with van der Waals surface area (Å²) in [7, 11) is 1.72. The lowest BCUT2D eigenvalue weighted by molar-refractivity contribution is 0.0639. The summed E-state index contributed by atoms with van der Waals surface area (Å²) in [6, 6.07) is 10.5. The van der Waals surface area contributed by atoms with Gasteiger partial charge in [0.15, 0.2) is 0 Å². The van der Waals surface area contributed by atoms with Gasteiger partial charge in [0.05, 0.1) is 40.4 Å². The number of methoxy groups -OCH3 is 1. The number of carbonyl (C=O) groups is 1. The molecule has 1 fully saturated rings. The molecule has 0 radical (unpaired) electrons. The number of nitrogens with one attached hydrogen (secondary N) is 1. The summed E-state index contributed by atoms with van der Waals surface area (Å²) < 4.78 is 18.4. The Morgan fingerprint density at radius 2 is 1.96 bits per heavy atom. The van der Waals surface area contributed by atoms with Gasteiger partial charge in [0.1, 0.15) is 11.6 Å². The van der Waals surface area contributed by atoms with Gasteiger partial charge in [-0.2, -0.15) is 0 Å². The van der Waals surface area contributed by atoms with Crippen LogP contribution in [-0.4, -0.2) is 46.4 Å². The topological polar surface area (TPSA) is 138 Å². The molecule has 4 aromatic heterocycles. The Bertz CT molecular complexity index is 1960. The van der Waals surface area contributed by atoms with Crippen LogP contribution < -0.4 is 15.8 Å². The third kappa shape index (κ3) is 6.28. The van der Waals surface area contributed by atoms with Gasteiger partial charge in [-0.1, -0.05) is 26.0 Å². The van der Waals surface area contributed by atoms with Gasteiger partial charge in [0, 0.05) is 36.8 Å². The molecule has 3 N–H and O–H groups in total. The van der Waals surface area contributed by atoms with Crippen LogP contribution in [0.2, 0.25) is 0 Å². The van der Waals surface area contributed by atoms with Crippen molar-refractivity contribution in [2.24, 2.45) is 17.6 Å². The third-order valence-electron chi connectivity index (χ3n) is 9.50. The molecular formula is C37H42N6O4S. The molecule has 5 aromatic rings. The summed E-state index contributed by atoms with van der Waals surface area (Å²) >= 11 is 1.59. The van der Waals surface area contributed by atoms with E-state index in [-0.39, 0.29) is 12.0 Å². The number of hydrogen-bond donors (Lipinski definition) is 2. The number of primary amides is 1. The van der Waals surface area contributed by atoms with Crippen LogP contribution in [0.3, 0.4) is 0 Å². The number of rotatable bonds is 11. The Labute approximate surface area is 284 Å². The molecule has 1 aromatic carbocycles. The third-order valence-corrected chi connectivity index (χ3v) is 10.7. The summed E-state index contributed by atoms with van der Waals surface area (Å²) in [6.45, 7) is 7.59. The Morgan fingerprint density at radius 3 is 2.69 bits per heavy atom. The number of thiophene rings is 1. The maximum atomic E-state index is 13.5.